The van der Waals surface area contributed by atoms with Gasteiger partial charge in [0.05, 0.1) is 0 Å². The molecule has 33 heavy (non-hydrogen) atoms. The zero-order valence-corrected chi connectivity index (χ0v) is 19.5. The maximum Gasteiger partial charge on any atom is 0.127 e. The maximum absolute atomic E-state index is 6.32. The Morgan fingerprint density at radius 3 is 2.33 bits per heavy atom. The van der Waals surface area contributed by atoms with Crippen molar-refractivity contribution in [3.8, 4) is 16.9 Å². The summed E-state index contributed by atoms with van der Waals surface area (Å²) < 4.78 is 6.32. The average molecular weight is 433 g/mol. The Bertz CT molecular complexity index is 1270. The van der Waals surface area contributed by atoms with Crippen LogP contribution in [0.3, 0.4) is 0 Å². The molecular formula is C32H32O. The molecule has 0 fully saturated rings. The van der Waals surface area contributed by atoms with Gasteiger partial charge >= 0.3 is 0 Å². The Kier molecular flexibility index (Phi) is 6.58. The molecular weight excluding hydrogens is 400 g/mol. The molecule has 0 amide bonds. The maximum atomic E-state index is 6.32. The number of hydrogen-bond acceptors (Lipinski definition) is 1. The van der Waals surface area contributed by atoms with Gasteiger partial charge in [-0.15, -0.1) is 0 Å². The molecule has 1 heteroatoms. The Labute approximate surface area is 197 Å². The van der Waals surface area contributed by atoms with E-state index in [-0.39, 0.29) is 0 Å². The molecule has 0 spiro atoms. The van der Waals surface area contributed by atoms with E-state index in [4.69, 9.17) is 4.74 Å². The molecule has 0 atom stereocenters. The summed E-state index contributed by atoms with van der Waals surface area (Å²) in [6.07, 6.45) is 10.1. The van der Waals surface area contributed by atoms with Crippen molar-refractivity contribution in [1.29, 1.82) is 0 Å². The summed E-state index contributed by atoms with van der Waals surface area (Å²) in [7, 11) is 0. The van der Waals surface area contributed by atoms with Crippen LogP contribution in [0.2, 0.25) is 0 Å². The van der Waals surface area contributed by atoms with Crippen LogP contribution >= 0.6 is 0 Å². The van der Waals surface area contributed by atoms with Crippen LogP contribution in [0.25, 0.3) is 27.5 Å². The van der Waals surface area contributed by atoms with Crippen LogP contribution in [0.1, 0.15) is 55.2 Å². The van der Waals surface area contributed by atoms with Gasteiger partial charge in [0.15, 0.2) is 0 Å². The van der Waals surface area contributed by atoms with E-state index in [1.807, 2.05) is 6.07 Å². The van der Waals surface area contributed by atoms with Crippen LogP contribution in [0, 0.1) is 6.92 Å². The molecule has 1 aliphatic rings. The molecule has 0 unspecified atom stereocenters. The molecule has 5 rings (SSSR count). The number of ether oxygens (including phenoxy) is 1. The summed E-state index contributed by atoms with van der Waals surface area (Å²) in [5.41, 5.74) is 7.95. The van der Waals surface area contributed by atoms with Crippen LogP contribution in [-0.4, -0.2) is 0 Å². The Hall–Kier alpha value is -3.32. The molecule has 0 saturated carbocycles. The summed E-state index contributed by atoms with van der Waals surface area (Å²) in [4.78, 5) is 0. The molecule has 4 aromatic rings. The SMILES string of the molecule is Cc1ccc2c(-c3ccccc3/C3=C/CCCCCC3)ccc(OCc3ccccc3)c2c1. The first-order chi connectivity index (χ1) is 16.3. The van der Waals surface area contributed by atoms with Crippen LogP contribution in [-0.2, 0) is 6.61 Å². The number of hydrogen-bond donors (Lipinski definition) is 0. The summed E-state index contributed by atoms with van der Waals surface area (Å²) >= 11 is 0. The van der Waals surface area contributed by atoms with E-state index in [1.54, 1.807) is 0 Å². The van der Waals surface area contributed by atoms with E-state index in [0.29, 0.717) is 6.61 Å². The van der Waals surface area contributed by atoms with Gasteiger partial charge in [-0.1, -0.05) is 97.3 Å². The van der Waals surface area contributed by atoms with Crippen LogP contribution < -0.4 is 4.74 Å². The fourth-order valence-corrected chi connectivity index (χ4v) is 4.97. The molecule has 166 valence electrons. The molecule has 1 nitrogen and oxygen atoms in total. The summed E-state index contributed by atoms with van der Waals surface area (Å²) in [6.45, 7) is 2.73. The van der Waals surface area contributed by atoms with Crippen molar-refractivity contribution in [1.82, 2.24) is 0 Å². The fraction of sp³-hybridized carbons (Fsp3) is 0.250. The summed E-state index contributed by atoms with van der Waals surface area (Å²) in [5, 5.41) is 2.44. The topological polar surface area (TPSA) is 9.23 Å². The van der Waals surface area contributed by atoms with Gasteiger partial charge in [-0.3, -0.25) is 0 Å². The van der Waals surface area contributed by atoms with Gasteiger partial charge < -0.3 is 4.74 Å². The Morgan fingerprint density at radius 2 is 1.45 bits per heavy atom. The predicted molar refractivity (Wildman–Crippen MR) is 141 cm³/mol. The van der Waals surface area contributed by atoms with Crippen molar-refractivity contribution < 1.29 is 4.74 Å². The lowest BCUT2D eigenvalue weighted by molar-refractivity contribution is 0.310. The van der Waals surface area contributed by atoms with Crippen molar-refractivity contribution in [2.45, 2.75) is 52.1 Å². The summed E-state index contributed by atoms with van der Waals surface area (Å²) in [6, 6.07) is 30.5. The van der Waals surface area contributed by atoms with E-state index in [2.05, 4.69) is 91.9 Å². The third kappa shape index (κ3) is 4.88. The highest BCUT2D eigenvalue weighted by Crippen LogP contribution is 2.39. The zero-order valence-electron chi connectivity index (χ0n) is 19.5. The van der Waals surface area contributed by atoms with Gasteiger partial charge in [0, 0.05) is 5.39 Å². The summed E-state index contributed by atoms with van der Waals surface area (Å²) in [5.74, 6) is 0.948. The van der Waals surface area contributed by atoms with E-state index in [1.165, 1.54) is 82.7 Å². The van der Waals surface area contributed by atoms with E-state index >= 15 is 0 Å². The smallest absolute Gasteiger partial charge is 0.127 e. The molecule has 0 N–H and O–H groups in total. The number of benzene rings is 4. The Balaban J connectivity index is 1.57. The number of aryl methyl sites for hydroxylation is 1. The standard InChI is InChI=1S/C32H32O/c1-24-18-19-30-29(20-21-32(31(30)22-24)33-23-25-12-6-5-7-13-25)28-17-11-10-16-27(28)26-14-8-3-2-4-9-15-26/h5-7,10-14,16-22H,2-4,8-9,15,23H2,1H3/b26-14+. The van der Waals surface area contributed by atoms with Crippen molar-refractivity contribution >= 4 is 16.3 Å². The van der Waals surface area contributed by atoms with E-state index < -0.39 is 0 Å². The van der Waals surface area contributed by atoms with Gasteiger partial charge in [-0.2, -0.15) is 0 Å². The van der Waals surface area contributed by atoms with Gasteiger partial charge in [0.2, 0.25) is 0 Å². The zero-order chi connectivity index (χ0) is 22.5. The first kappa shape index (κ1) is 21.5. The molecule has 0 radical (unpaired) electrons. The van der Waals surface area contributed by atoms with Crippen LogP contribution in [0.15, 0.2) is 91.0 Å². The average Bonchev–Trinajstić information content (AvgIpc) is 2.83. The number of allylic oxidation sites excluding steroid dienone is 2. The minimum absolute atomic E-state index is 0.576. The Morgan fingerprint density at radius 1 is 0.667 bits per heavy atom. The van der Waals surface area contributed by atoms with Crippen molar-refractivity contribution in [2.75, 3.05) is 0 Å². The van der Waals surface area contributed by atoms with Crippen molar-refractivity contribution in [3.63, 3.8) is 0 Å². The number of fused-ring (bicyclic) bond motifs is 1. The van der Waals surface area contributed by atoms with Crippen molar-refractivity contribution in [2.24, 2.45) is 0 Å². The van der Waals surface area contributed by atoms with E-state index in [9.17, 15) is 0 Å². The van der Waals surface area contributed by atoms with Gasteiger partial charge in [-0.05, 0) is 78.0 Å². The second-order valence-corrected chi connectivity index (χ2v) is 9.16. The molecule has 0 bridgehead atoms. The van der Waals surface area contributed by atoms with Crippen LogP contribution in [0.4, 0.5) is 0 Å². The van der Waals surface area contributed by atoms with Gasteiger partial charge in [0.25, 0.3) is 0 Å². The second kappa shape index (κ2) is 10.1. The number of rotatable bonds is 5. The molecule has 0 aromatic heterocycles. The highest BCUT2D eigenvalue weighted by atomic mass is 16.5. The third-order valence-electron chi connectivity index (χ3n) is 6.72. The first-order valence-corrected chi connectivity index (χ1v) is 12.3. The largest absolute Gasteiger partial charge is 0.488 e. The molecule has 0 aliphatic heterocycles. The fourth-order valence-electron chi connectivity index (χ4n) is 4.97. The normalized spacial score (nSPS) is 16.0. The van der Waals surface area contributed by atoms with Crippen LogP contribution in [0.5, 0.6) is 5.75 Å². The predicted octanol–water partition coefficient (Wildman–Crippen LogP) is 9.13. The lowest BCUT2D eigenvalue weighted by Gasteiger charge is -2.18. The lowest BCUT2D eigenvalue weighted by atomic mass is 9.87. The second-order valence-electron chi connectivity index (χ2n) is 9.16. The third-order valence-corrected chi connectivity index (χ3v) is 6.72. The minimum atomic E-state index is 0.576. The van der Waals surface area contributed by atoms with Crippen molar-refractivity contribution in [3.05, 3.63) is 108 Å². The van der Waals surface area contributed by atoms with Gasteiger partial charge in [0.1, 0.15) is 12.4 Å². The quantitative estimate of drug-likeness (QED) is 0.305. The van der Waals surface area contributed by atoms with Gasteiger partial charge in [-0.25, -0.2) is 0 Å². The highest BCUT2D eigenvalue weighted by Gasteiger charge is 2.15. The molecule has 0 saturated heterocycles. The first-order valence-electron chi connectivity index (χ1n) is 12.3. The van der Waals surface area contributed by atoms with E-state index in [0.717, 1.165) is 5.75 Å². The minimum Gasteiger partial charge on any atom is -0.488 e. The molecule has 4 aromatic carbocycles. The molecule has 0 heterocycles. The monoisotopic (exact) mass is 432 g/mol. The lowest BCUT2D eigenvalue weighted by Crippen LogP contribution is -1.97. The highest BCUT2D eigenvalue weighted by molar-refractivity contribution is 6.02. The molecule has 1 aliphatic carbocycles.